The van der Waals surface area contributed by atoms with Gasteiger partial charge in [-0.1, -0.05) is 24.3 Å². The Morgan fingerprint density at radius 1 is 1.24 bits per heavy atom. The first-order valence-electron chi connectivity index (χ1n) is 11.3. The summed E-state index contributed by atoms with van der Waals surface area (Å²) < 4.78 is 34.0. The molecule has 0 amide bonds. The molecule has 0 saturated heterocycles. The highest BCUT2D eigenvalue weighted by Gasteiger charge is 2.20. The fourth-order valence-electron chi connectivity index (χ4n) is 3.30. The lowest BCUT2D eigenvalue weighted by Crippen LogP contribution is -2.23. The maximum atomic E-state index is 13.9. The number of halogens is 3. The number of aliphatic hydroxyl groups is 1. The molecule has 10 heteroatoms. The lowest BCUT2D eigenvalue weighted by molar-refractivity contribution is 0.119. The molecule has 0 aliphatic carbocycles. The molecule has 0 spiro atoms. The monoisotopic (exact) mass is 528 g/mol. The number of allylic oxidation sites excluding steroid dienone is 2. The van der Waals surface area contributed by atoms with Crippen molar-refractivity contribution in [1.82, 2.24) is 14.5 Å². The van der Waals surface area contributed by atoms with Crippen molar-refractivity contribution in [2.75, 3.05) is 0 Å². The molecule has 0 aliphatic rings. The van der Waals surface area contributed by atoms with Gasteiger partial charge in [0.1, 0.15) is 34.5 Å². The summed E-state index contributed by atoms with van der Waals surface area (Å²) in [4.78, 5) is 25.9. The van der Waals surface area contributed by atoms with Crippen molar-refractivity contribution >= 4 is 17.3 Å². The number of aromatic nitrogens is 3. The van der Waals surface area contributed by atoms with Gasteiger partial charge in [-0.15, -0.1) is 0 Å². The molecule has 0 aromatic carbocycles. The van der Waals surface area contributed by atoms with Crippen molar-refractivity contribution in [2.24, 2.45) is 4.99 Å². The van der Waals surface area contributed by atoms with E-state index in [1.807, 2.05) is 6.92 Å². The van der Waals surface area contributed by atoms with E-state index in [2.05, 4.69) is 21.5 Å². The van der Waals surface area contributed by atoms with Crippen LogP contribution in [0.2, 0.25) is 5.02 Å². The number of nitrogens with zero attached hydrogens (tertiary/aromatic N) is 4. The highest BCUT2D eigenvalue weighted by atomic mass is 35.5. The minimum Gasteiger partial charge on any atom is -0.485 e. The van der Waals surface area contributed by atoms with Crippen LogP contribution in [0.25, 0.3) is 5.69 Å². The summed E-state index contributed by atoms with van der Waals surface area (Å²) in [5.41, 5.74) is 0.912. The largest absolute Gasteiger partial charge is 0.485 e. The van der Waals surface area contributed by atoms with Crippen molar-refractivity contribution < 1.29 is 18.6 Å². The Balaban J connectivity index is 2.04. The van der Waals surface area contributed by atoms with Crippen LogP contribution in [0.15, 0.2) is 64.8 Å². The van der Waals surface area contributed by atoms with E-state index in [1.165, 1.54) is 4.57 Å². The van der Waals surface area contributed by atoms with E-state index in [4.69, 9.17) is 16.3 Å². The van der Waals surface area contributed by atoms with E-state index in [1.54, 1.807) is 58.2 Å². The summed E-state index contributed by atoms with van der Waals surface area (Å²) in [7, 11) is 0. The van der Waals surface area contributed by atoms with Crippen LogP contribution in [0.5, 0.6) is 5.75 Å². The number of aliphatic imine (C=N–C) groups is 1. The van der Waals surface area contributed by atoms with E-state index < -0.39 is 22.8 Å². The van der Waals surface area contributed by atoms with Gasteiger partial charge < -0.3 is 9.84 Å². The third-order valence-corrected chi connectivity index (χ3v) is 5.76. The van der Waals surface area contributed by atoms with E-state index in [0.717, 1.165) is 6.20 Å². The maximum absolute atomic E-state index is 13.9. The summed E-state index contributed by atoms with van der Waals surface area (Å²) in [6.07, 6.45) is 5.97. The number of pyridine rings is 3. The summed E-state index contributed by atoms with van der Waals surface area (Å²) in [6, 6.07) is 3.93. The van der Waals surface area contributed by atoms with Gasteiger partial charge in [-0.05, 0) is 52.3 Å². The van der Waals surface area contributed by atoms with Gasteiger partial charge in [0.2, 0.25) is 0 Å². The van der Waals surface area contributed by atoms with Gasteiger partial charge in [-0.2, -0.15) is 0 Å². The third kappa shape index (κ3) is 6.36. The number of aryl methyl sites for hydroxylation is 2. The molecule has 0 atom stereocenters. The van der Waals surface area contributed by atoms with E-state index >= 15 is 0 Å². The summed E-state index contributed by atoms with van der Waals surface area (Å²) in [6.45, 7) is 12.0. The summed E-state index contributed by atoms with van der Waals surface area (Å²) in [5, 5.41) is 10.0. The number of rotatable bonds is 8. The molecule has 3 aromatic heterocycles. The van der Waals surface area contributed by atoms with Crippen LogP contribution in [0.3, 0.4) is 0 Å². The highest BCUT2D eigenvalue weighted by molar-refractivity contribution is 6.31. The second kappa shape index (κ2) is 11.1. The van der Waals surface area contributed by atoms with Crippen molar-refractivity contribution in [2.45, 2.75) is 46.8 Å². The predicted molar refractivity (Wildman–Crippen MR) is 140 cm³/mol. The second-order valence-corrected chi connectivity index (χ2v) is 9.21. The zero-order chi connectivity index (χ0) is 27.5. The average molecular weight is 529 g/mol. The Labute approximate surface area is 218 Å². The van der Waals surface area contributed by atoms with Crippen molar-refractivity contribution in [1.29, 1.82) is 0 Å². The van der Waals surface area contributed by atoms with Crippen LogP contribution in [-0.2, 0) is 6.61 Å². The van der Waals surface area contributed by atoms with Gasteiger partial charge in [0.05, 0.1) is 29.0 Å². The molecule has 0 bridgehead atoms. The minimum atomic E-state index is -1.23. The molecule has 0 unspecified atom stereocenters. The molecule has 37 heavy (non-hydrogen) atoms. The first kappa shape index (κ1) is 27.9. The van der Waals surface area contributed by atoms with Gasteiger partial charge in [-0.3, -0.25) is 19.3 Å². The molecule has 0 aliphatic heterocycles. The lowest BCUT2D eigenvalue weighted by atomic mass is 10.1. The van der Waals surface area contributed by atoms with Crippen LogP contribution in [0.4, 0.5) is 8.78 Å². The van der Waals surface area contributed by atoms with E-state index in [-0.39, 0.29) is 28.8 Å². The van der Waals surface area contributed by atoms with Crippen LogP contribution in [0.1, 0.15) is 43.4 Å². The Morgan fingerprint density at radius 3 is 2.57 bits per heavy atom. The summed E-state index contributed by atoms with van der Waals surface area (Å²) in [5.74, 6) is -1.64. The van der Waals surface area contributed by atoms with Gasteiger partial charge in [0, 0.05) is 24.0 Å². The first-order chi connectivity index (χ1) is 17.3. The average Bonchev–Trinajstić information content (AvgIpc) is 2.81. The quantitative estimate of drug-likeness (QED) is 0.395. The molecule has 3 heterocycles. The fourth-order valence-corrected chi connectivity index (χ4v) is 3.49. The molecule has 3 aromatic rings. The molecular formula is C27H27ClF2N4O3. The molecule has 7 nitrogen and oxygen atoms in total. The van der Waals surface area contributed by atoms with Crippen molar-refractivity contribution in [3.63, 3.8) is 0 Å². The lowest BCUT2D eigenvalue weighted by Gasteiger charge is -2.18. The van der Waals surface area contributed by atoms with Crippen LogP contribution >= 0.6 is 11.6 Å². The summed E-state index contributed by atoms with van der Waals surface area (Å²) >= 11 is 6.35. The Morgan fingerprint density at radius 2 is 1.95 bits per heavy atom. The second-order valence-electron chi connectivity index (χ2n) is 8.83. The molecule has 194 valence electrons. The molecule has 3 rings (SSSR count). The standard InChI is InChI=1S/C27H27ClF2N4O3/c1-7-8-20(33-17(4)27(5,6)36)21-11-23(15(2)12-31-21)34-16(3)9-24(25(28)26(34)35)37-14-22-19(30)10-18(29)13-32-22/h7-13,36H,4,14H2,1-3,5-6H3/b8-7-,33-20+. The van der Waals surface area contributed by atoms with Crippen molar-refractivity contribution in [3.05, 3.63) is 105 Å². The molecule has 0 radical (unpaired) electrons. The zero-order valence-electron chi connectivity index (χ0n) is 21.1. The predicted octanol–water partition coefficient (Wildman–Crippen LogP) is 5.40. The minimum absolute atomic E-state index is 0.0375. The van der Waals surface area contributed by atoms with Gasteiger partial charge in [0.25, 0.3) is 5.56 Å². The van der Waals surface area contributed by atoms with Gasteiger partial charge >= 0.3 is 0 Å². The highest BCUT2D eigenvalue weighted by Crippen LogP contribution is 2.26. The fraction of sp³-hybridized carbons (Fsp3) is 0.259. The normalized spacial score (nSPS) is 12.3. The molecular weight excluding hydrogens is 502 g/mol. The smallest absolute Gasteiger partial charge is 0.277 e. The third-order valence-electron chi connectivity index (χ3n) is 5.41. The van der Waals surface area contributed by atoms with Crippen molar-refractivity contribution in [3.8, 4) is 11.4 Å². The van der Waals surface area contributed by atoms with E-state index in [0.29, 0.717) is 34.4 Å². The zero-order valence-corrected chi connectivity index (χ0v) is 21.9. The van der Waals surface area contributed by atoms with Crippen LogP contribution in [-0.4, -0.2) is 31.0 Å². The molecule has 0 saturated carbocycles. The van der Waals surface area contributed by atoms with E-state index in [9.17, 15) is 18.7 Å². The molecule has 0 fully saturated rings. The number of hydrogen-bond acceptors (Lipinski definition) is 6. The maximum Gasteiger partial charge on any atom is 0.277 e. The van der Waals surface area contributed by atoms with Crippen LogP contribution < -0.4 is 10.3 Å². The first-order valence-corrected chi connectivity index (χ1v) is 11.7. The van der Waals surface area contributed by atoms with Gasteiger partial charge in [-0.25, -0.2) is 13.8 Å². The Bertz CT molecular complexity index is 1470. The van der Waals surface area contributed by atoms with Gasteiger partial charge in [0.15, 0.2) is 5.82 Å². The number of ether oxygens (including phenoxy) is 1. The topological polar surface area (TPSA) is 89.6 Å². The Hall–Kier alpha value is -3.69. The molecule has 1 N–H and O–H groups in total. The van der Waals surface area contributed by atoms with Crippen LogP contribution in [0, 0.1) is 25.5 Å². The Kier molecular flexibility index (Phi) is 8.40. The number of hydrogen-bond donors (Lipinski definition) is 1. The SMILES string of the molecule is C=C(/N=C(\C=C/C)c1cc(-n2c(C)cc(OCc3ncc(F)cc3F)c(Cl)c2=O)c(C)cn1)C(C)(C)O.